The van der Waals surface area contributed by atoms with Gasteiger partial charge in [-0.25, -0.2) is 0 Å². The number of nitrogens with one attached hydrogen (secondary N) is 1. The number of carboxylic acids is 1. The van der Waals surface area contributed by atoms with E-state index in [9.17, 15) is 18.0 Å². The lowest BCUT2D eigenvalue weighted by Gasteiger charge is -2.12. The normalized spacial score (nSPS) is 15.2. The van der Waals surface area contributed by atoms with Gasteiger partial charge < -0.3 is 14.9 Å². The minimum atomic E-state index is -4.54. The van der Waals surface area contributed by atoms with Crippen LogP contribution in [-0.2, 0) is 17.4 Å². The maximum Gasteiger partial charge on any atom is 0.417 e. The standard InChI is InChI=1S/C24H18F3N3O3S/c25-24(26,27)18-12-14(3-6-17(18)20-2-1-9-34-20)23-29-22(30-33-23)13-4-7-19-15(10-13)11-16(28-19)5-8-21(31)32/h1-4,6-7,9-10,12,16,28H,5,8,11H2,(H,31,32). The number of benzene rings is 2. The highest BCUT2D eigenvalue weighted by Gasteiger charge is 2.34. The van der Waals surface area contributed by atoms with Gasteiger partial charge in [-0.2, -0.15) is 18.2 Å². The summed E-state index contributed by atoms with van der Waals surface area (Å²) in [6, 6.07) is 12.9. The molecule has 5 rings (SSSR count). The summed E-state index contributed by atoms with van der Waals surface area (Å²) < 4.78 is 46.6. The predicted octanol–water partition coefficient (Wildman–Crippen LogP) is 6.35. The summed E-state index contributed by atoms with van der Waals surface area (Å²) in [5.41, 5.74) is 2.11. The second-order valence-corrected chi connectivity index (χ2v) is 8.96. The van der Waals surface area contributed by atoms with E-state index in [1.807, 2.05) is 12.1 Å². The molecule has 2 aromatic heterocycles. The molecule has 4 aromatic rings. The molecule has 10 heteroatoms. The second kappa shape index (κ2) is 8.60. The van der Waals surface area contributed by atoms with E-state index in [0.717, 1.165) is 17.3 Å². The Labute approximate surface area is 196 Å². The number of carbonyl (C=O) groups is 1. The molecule has 1 aliphatic rings. The van der Waals surface area contributed by atoms with Gasteiger partial charge in [0.05, 0.1) is 5.56 Å². The third kappa shape index (κ3) is 4.41. The number of aromatic nitrogens is 2. The molecule has 1 unspecified atom stereocenters. The number of hydrogen-bond acceptors (Lipinski definition) is 6. The van der Waals surface area contributed by atoms with Gasteiger partial charge in [0.1, 0.15) is 0 Å². The molecule has 174 valence electrons. The molecule has 0 bridgehead atoms. The fraction of sp³-hybridized carbons (Fsp3) is 0.208. The zero-order valence-electron chi connectivity index (χ0n) is 17.6. The van der Waals surface area contributed by atoms with E-state index in [1.54, 1.807) is 29.6 Å². The van der Waals surface area contributed by atoms with Crippen molar-refractivity contribution < 1.29 is 27.6 Å². The molecule has 0 amide bonds. The molecular formula is C24H18F3N3O3S. The van der Waals surface area contributed by atoms with Crippen molar-refractivity contribution in [3.8, 4) is 33.3 Å². The molecule has 3 heterocycles. The molecule has 0 saturated heterocycles. The molecule has 0 saturated carbocycles. The first-order valence-electron chi connectivity index (χ1n) is 10.5. The lowest BCUT2D eigenvalue weighted by atomic mass is 10.0. The summed E-state index contributed by atoms with van der Waals surface area (Å²) >= 11 is 1.24. The van der Waals surface area contributed by atoms with Gasteiger partial charge in [0.25, 0.3) is 5.89 Å². The van der Waals surface area contributed by atoms with Crippen LogP contribution in [0.2, 0.25) is 0 Å². The van der Waals surface area contributed by atoms with E-state index in [0.29, 0.717) is 23.3 Å². The Bertz CT molecular complexity index is 1350. The highest BCUT2D eigenvalue weighted by atomic mass is 32.1. The largest absolute Gasteiger partial charge is 0.481 e. The minimum Gasteiger partial charge on any atom is -0.481 e. The van der Waals surface area contributed by atoms with Crippen molar-refractivity contribution in [2.24, 2.45) is 0 Å². The van der Waals surface area contributed by atoms with Gasteiger partial charge in [0.15, 0.2) is 0 Å². The first kappa shape index (κ1) is 22.1. The molecule has 2 aromatic carbocycles. The molecule has 2 N–H and O–H groups in total. The van der Waals surface area contributed by atoms with Crippen LogP contribution in [0.5, 0.6) is 0 Å². The highest BCUT2D eigenvalue weighted by molar-refractivity contribution is 7.13. The van der Waals surface area contributed by atoms with E-state index in [1.165, 1.54) is 17.4 Å². The van der Waals surface area contributed by atoms with E-state index in [-0.39, 0.29) is 35.3 Å². The third-order valence-electron chi connectivity index (χ3n) is 5.68. The van der Waals surface area contributed by atoms with Crippen molar-refractivity contribution in [2.45, 2.75) is 31.5 Å². The molecule has 0 radical (unpaired) electrons. The smallest absolute Gasteiger partial charge is 0.417 e. The van der Waals surface area contributed by atoms with Gasteiger partial charge in [0.2, 0.25) is 5.82 Å². The van der Waals surface area contributed by atoms with Crippen LogP contribution >= 0.6 is 11.3 Å². The van der Waals surface area contributed by atoms with Crippen LogP contribution in [-0.4, -0.2) is 27.3 Å². The van der Waals surface area contributed by atoms with Crippen LogP contribution in [0.3, 0.4) is 0 Å². The Morgan fingerprint density at radius 1 is 1.18 bits per heavy atom. The second-order valence-electron chi connectivity index (χ2n) is 8.01. The predicted molar refractivity (Wildman–Crippen MR) is 121 cm³/mol. The number of fused-ring (bicyclic) bond motifs is 1. The summed E-state index contributed by atoms with van der Waals surface area (Å²) in [4.78, 5) is 15.7. The van der Waals surface area contributed by atoms with Crippen molar-refractivity contribution in [1.82, 2.24) is 10.1 Å². The van der Waals surface area contributed by atoms with Gasteiger partial charge >= 0.3 is 12.1 Å². The quantitative estimate of drug-likeness (QED) is 0.331. The maximum absolute atomic E-state index is 13.8. The monoisotopic (exact) mass is 485 g/mol. The lowest BCUT2D eigenvalue weighted by Crippen LogP contribution is -2.16. The summed E-state index contributed by atoms with van der Waals surface area (Å²) in [5.74, 6) is -0.575. The van der Waals surface area contributed by atoms with E-state index >= 15 is 0 Å². The zero-order valence-corrected chi connectivity index (χ0v) is 18.4. The van der Waals surface area contributed by atoms with Gasteiger partial charge in [-0.3, -0.25) is 4.79 Å². The van der Waals surface area contributed by atoms with E-state index in [2.05, 4.69) is 15.5 Å². The summed E-state index contributed by atoms with van der Waals surface area (Å²) in [5, 5.41) is 17.9. The fourth-order valence-electron chi connectivity index (χ4n) is 4.07. The highest BCUT2D eigenvalue weighted by Crippen LogP contribution is 2.41. The Balaban J connectivity index is 1.41. The maximum atomic E-state index is 13.8. The van der Waals surface area contributed by atoms with Crippen LogP contribution in [0.25, 0.3) is 33.3 Å². The van der Waals surface area contributed by atoms with Gasteiger partial charge in [-0.05, 0) is 60.2 Å². The fourth-order valence-corrected chi connectivity index (χ4v) is 4.83. The first-order valence-corrected chi connectivity index (χ1v) is 11.4. The summed E-state index contributed by atoms with van der Waals surface area (Å²) in [7, 11) is 0. The minimum absolute atomic E-state index is 0.00353. The molecule has 34 heavy (non-hydrogen) atoms. The molecule has 0 fully saturated rings. The average Bonchev–Trinajstić information content (AvgIpc) is 3.56. The molecular weight excluding hydrogens is 467 g/mol. The van der Waals surface area contributed by atoms with Gasteiger partial charge in [-0.15, -0.1) is 11.3 Å². The Kier molecular flexibility index (Phi) is 5.60. The third-order valence-corrected chi connectivity index (χ3v) is 6.58. The van der Waals surface area contributed by atoms with Crippen LogP contribution in [0.1, 0.15) is 24.0 Å². The van der Waals surface area contributed by atoms with Crippen molar-refractivity contribution in [2.75, 3.05) is 5.32 Å². The van der Waals surface area contributed by atoms with Gasteiger partial charge in [0, 0.05) is 39.7 Å². The molecule has 1 aliphatic heterocycles. The topological polar surface area (TPSA) is 88.2 Å². The average molecular weight is 485 g/mol. The number of thiophene rings is 1. The molecule has 1 atom stereocenters. The number of aliphatic carboxylic acids is 1. The van der Waals surface area contributed by atoms with Crippen molar-refractivity contribution >= 4 is 23.0 Å². The summed E-state index contributed by atoms with van der Waals surface area (Å²) in [6.07, 6.45) is -3.28. The van der Waals surface area contributed by atoms with E-state index in [4.69, 9.17) is 9.63 Å². The van der Waals surface area contributed by atoms with Gasteiger partial charge in [-0.1, -0.05) is 17.3 Å². The van der Waals surface area contributed by atoms with E-state index < -0.39 is 17.7 Å². The number of rotatable bonds is 6. The Morgan fingerprint density at radius 2 is 2.00 bits per heavy atom. The number of anilines is 1. The Morgan fingerprint density at radius 3 is 2.74 bits per heavy atom. The SMILES string of the molecule is O=C(O)CCC1Cc2cc(-c3noc(-c4ccc(-c5cccs5)c(C(F)(F)F)c4)n3)ccc2N1. The van der Waals surface area contributed by atoms with Crippen molar-refractivity contribution in [3.05, 3.63) is 65.0 Å². The van der Waals surface area contributed by atoms with Crippen molar-refractivity contribution in [1.29, 1.82) is 0 Å². The number of hydrogen-bond donors (Lipinski definition) is 2. The molecule has 6 nitrogen and oxygen atoms in total. The molecule has 0 aliphatic carbocycles. The number of alkyl halides is 3. The number of nitrogens with zero attached hydrogens (tertiary/aromatic N) is 2. The lowest BCUT2D eigenvalue weighted by molar-refractivity contribution is -0.138. The van der Waals surface area contributed by atoms with Crippen LogP contribution < -0.4 is 5.32 Å². The van der Waals surface area contributed by atoms with Crippen LogP contribution in [0.15, 0.2) is 58.4 Å². The van der Waals surface area contributed by atoms with Crippen molar-refractivity contribution in [3.63, 3.8) is 0 Å². The number of carboxylic acid groups (broad SMARTS) is 1. The number of halogens is 3. The zero-order chi connectivity index (χ0) is 23.9. The van der Waals surface area contributed by atoms with Crippen LogP contribution in [0, 0.1) is 0 Å². The Hall–Kier alpha value is -3.66. The molecule has 0 spiro atoms. The van der Waals surface area contributed by atoms with Crippen LogP contribution in [0.4, 0.5) is 18.9 Å². The first-order chi connectivity index (χ1) is 16.3. The summed E-state index contributed by atoms with van der Waals surface area (Å²) in [6.45, 7) is 0.